The quantitative estimate of drug-likeness (QED) is 0.511. The number of hydrogen-bond donors (Lipinski definition) is 2. The highest BCUT2D eigenvalue weighted by atomic mass is 127. The first kappa shape index (κ1) is 12.0. The van der Waals surface area contributed by atoms with Gasteiger partial charge in [0.2, 0.25) is 0 Å². The topological polar surface area (TPSA) is 50.9 Å². The fourth-order valence-corrected chi connectivity index (χ4v) is 2.99. The molecule has 16 heavy (non-hydrogen) atoms. The second-order valence-electron chi connectivity index (χ2n) is 3.58. The summed E-state index contributed by atoms with van der Waals surface area (Å²) in [6, 6.07) is 4.26. The molecule has 1 atom stereocenters. The molecule has 84 valence electrons. The third-order valence-electron chi connectivity index (χ3n) is 2.32. The van der Waals surface area contributed by atoms with E-state index in [1.807, 2.05) is 19.3 Å². The fourth-order valence-electron chi connectivity index (χ4n) is 1.60. The Balaban J connectivity index is 2.36. The first-order valence-electron chi connectivity index (χ1n) is 4.82. The molecule has 0 amide bonds. The van der Waals surface area contributed by atoms with E-state index < -0.39 is 0 Å². The standard InChI is InChI=1S/C11H12IN3S/c1-7-2-8(5-14-4-7)11(15-13)9-3-10(12)16-6-9/h2-6,11,15H,13H2,1H3. The molecule has 0 spiro atoms. The summed E-state index contributed by atoms with van der Waals surface area (Å²) in [7, 11) is 0. The van der Waals surface area contributed by atoms with Crippen LogP contribution in [0, 0.1) is 9.81 Å². The first-order valence-corrected chi connectivity index (χ1v) is 6.78. The van der Waals surface area contributed by atoms with Crippen LogP contribution in [0.25, 0.3) is 0 Å². The van der Waals surface area contributed by atoms with Crippen LogP contribution >= 0.6 is 33.9 Å². The summed E-state index contributed by atoms with van der Waals surface area (Å²) < 4.78 is 1.26. The third kappa shape index (κ3) is 2.60. The monoisotopic (exact) mass is 345 g/mol. The van der Waals surface area contributed by atoms with Gasteiger partial charge < -0.3 is 0 Å². The molecule has 3 nitrogen and oxygen atoms in total. The highest BCUT2D eigenvalue weighted by Gasteiger charge is 2.14. The minimum absolute atomic E-state index is 0.0205. The maximum absolute atomic E-state index is 5.62. The summed E-state index contributed by atoms with van der Waals surface area (Å²) in [4.78, 5) is 4.19. The molecule has 0 radical (unpaired) electrons. The van der Waals surface area contributed by atoms with Crippen LogP contribution in [0.1, 0.15) is 22.7 Å². The Hall–Kier alpha value is -0.500. The largest absolute Gasteiger partial charge is 0.271 e. The molecular weight excluding hydrogens is 333 g/mol. The normalized spacial score (nSPS) is 12.7. The van der Waals surface area contributed by atoms with Gasteiger partial charge in [-0.15, -0.1) is 11.3 Å². The lowest BCUT2D eigenvalue weighted by Gasteiger charge is -2.14. The SMILES string of the molecule is Cc1cncc(C(NN)c2csc(I)c2)c1. The van der Waals surface area contributed by atoms with Crippen LogP contribution in [0.5, 0.6) is 0 Å². The lowest BCUT2D eigenvalue weighted by Crippen LogP contribution is -2.28. The van der Waals surface area contributed by atoms with Crippen molar-refractivity contribution >= 4 is 33.9 Å². The van der Waals surface area contributed by atoms with Gasteiger partial charge in [0.05, 0.1) is 8.93 Å². The van der Waals surface area contributed by atoms with E-state index in [0.717, 1.165) is 11.1 Å². The number of hydrogen-bond acceptors (Lipinski definition) is 4. The van der Waals surface area contributed by atoms with E-state index in [2.05, 4.69) is 50.5 Å². The lowest BCUT2D eigenvalue weighted by atomic mass is 10.0. The molecule has 0 saturated carbocycles. The van der Waals surface area contributed by atoms with Gasteiger partial charge in [0.25, 0.3) is 0 Å². The Bertz CT molecular complexity index is 484. The molecule has 2 aromatic heterocycles. The van der Waals surface area contributed by atoms with Gasteiger partial charge in [-0.1, -0.05) is 6.07 Å². The molecule has 0 bridgehead atoms. The summed E-state index contributed by atoms with van der Waals surface area (Å²) in [5.74, 6) is 5.62. The number of nitrogens with zero attached hydrogens (tertiary/aromatic N) is 1. The van der Waals surface area contributed by atoms with Crippen LogP contribution in [-0.4, -0.2) is 4.98 Å². The maximum Gasteiger partial charge on any atom is 0.0733 e. The van der Waals surface area contributed by atoms with Crippen molar-refractivity contribution < 1.29 is 0 Å². The zero-order valence-corrected chi connectivity index (χ0v) is 11.7. The van der Waals surface area contributed by atoms with Crippen molar-refractivity contribution in [3.63, 3.8) is 0 Å². The third-order valence-corrected chi connectivity index (χ3v) is 4.12. The number of thiophene rings is 1. The number of rotatable bonds is 3. The van der Waals surface area contributed by atoms with Crippen LogP contribution in [0.4, 0.5) is 0 Å². The zero-order chi connectivity index (χ0) is 11.5. The van der Waals surface area contributed by atoms with Crippen molar-refractivity contribution in [1.82, 2.24) is 10.4 Å². The van der Waals surface area contributed by atoms with E-state index in [9.17, 15) is 0 Å². The molecule has 0 aliphatic rings. The van der Waals surface area contributed by atoms with E-state index >= 15 is 0 Å². The molecule has 0 saturated heterocycles. The van der Waals surface area contributed by atoms with Crippen LogP contribution < -0.4 is 11.3 Å². The summed E-state index contributed by atoms with van der Waals surface area (Å²) in [6.07, 6.45) is 3.69. The molecule has 3 N–H and O–H groups in total. The Labute approximate surface area is 112 Å². The lowest BCUT2D eigenvalue weighted by molar-refractivity contribution is 0.636. The number of halogens is 1. The summed E-state index contributed by atoms with van der Waals surface area (Å²) >= 11 is 4.03. The van der Waals surface area contributed by atoms with Crippen molar-refractivity contribution in [3.05, 3.63) is 49.5 Å². The summed E-state index contributed by atoms with van der Waals surface area (Å²) in [5, 5.41) is 2.12. The molecule has 0 aromatic carbocycles. The molecule has 0 aliphatic carbocycles. The number of aromatic nitrogens is 1. The molecule has 2 rings (SSSR count). The van der Waals surface area contributed by atoms with Crippen molar-refractivity contribution in [2.24, 2.45) is 5.84 Å². The van der Waals surface area contributed by atoms with Crippen molar-refractivity contribution in [3.8, 4) is 0 Å². The average molecular weight is 345 g/mol. The van der Waals surface area contributed by atoms with Crippen LogP contribution in [-0.2, 0) is 0 Å². The van der Waals surface area contributed by atoms with Gasteiger partial charge in [0, 0.05) is 12.4 Å². The van der Waals surface area contributed by atoms with Gasteiger partial charge in [0.1, 0.15) is 0 Å². The molecule has 1 unspecified atom stereocenters. The van der Waals surface area contributed by atoms with Crippen molar-refractivity contribution in [2.45, 2.75) is 13.0 Å². The second kappa shape index (κ2) is 5.22. The molecule has 2 aromatic rings. The predicted molar refractivity (Wildman–Crippen MR) is 75.2 cm³/mol. The van der Waals surface area contributed by atoms with Gasteiger partial charge in [-0.3, -0.25) is 10.8 Å². The Kier molecular flexibility index (Phi) is 3.91. The fraction of sp³-hybridized carbons (Fsp3) is 0.182. The zero-order valence-electron chi connectivity index (χ0n) is 8.77. The van der Waals surface area contributed by atoms with Gasteiger partial charge in [0.15, 0.2) is 0 Å². The van der Waals surface area contributed by atoms with E-state index in [1.165, 1.54) is 8.45 Å². The number of hydrazine groups is 1. The van der Waals surface area contributed by atoms with Crippen LogP contribution in [0.15, 0.2) is 29.9 Å². The second-order valence-corrected chi connectivity index (χ2v) is 6.38. The van der Waals surface area contributed by atoms with Gasteiger partial charge >= 0.3 is 0 Å². The molecule has 5 heteroatoms. The number of pyridine rings is 1. The molecular formula is C11H12IN3S. The molecule has 2 heterocycles. The van der Waals surface area contributed by atoms with E-state index in [1.54, 1.807) is 11.3 Å². The van der Waals surface area contributed by atoms with E-state index in [4.69, 9.17) is 5.84 Å². The minimum atomic E-state index is 0.0205. The van der Waals surface area contributed by atoms with E-state index in [0.29, 0.717) is 0 Å². The smallest absolute Gasteiger partial charge is 0.0733 e. The van der Waals surface area contributed by atoms with Crippen LogP contribution in [0.3, 0.4) is 0 Å². The van der Waals surface area contributed by atoms with Crippen molar-refractivity contribution in [2.75, 3.05) is 0 Å². The predicted octanol–water partition coefficient (Wildman–Crippen LogP) is 2.61. The highest BCUT2D eigenvalue weighted by molar-refractivity contribution is 14.1. The minimum Gasteiger partial charge on any atom is -0.271 e. The average Bonchev–Trinajstić information content (AvgIpc) is 2.66. The Morgan fingerprint density at radius 3 is 2.75 bits per heavy atom. The number of nitrogens with two attached hydrogens (primary N) is 1. The Morgan fingerprint density at radius 2 is 2.19 bits per heavy atom. The van der Waals surface area contributed by atoms with Gasteiger partial charge in [-0.25, -0.2) is 5.43 Å². The van der Waals surface area contributed by atoms with Gasteiger partial charge in [-0.05, 0) is 57.7 Å². The first-order chi connectivity index (χ1) is 7.70. The maximum atomic E-state index is 5.62. The van der Waals surface area contributed by atoms with Gasteiger partial charge in [-0.2, -0.15) is 0 Å². The van der Waals surface area contributed by atoms with Crippen LogP contribution in [0.2, 0.25) is 0 Å². The Morgan fingerprint density at radius 1 is 1.38 bits per heavy atom. The number of nitrogens with one attached hydrogen (secondary N) is 1. The summed E-state index contributed by atoms with van der Waals surface area (Å²) in [5.41, 5.74) is 6.26. The summed E-state index contributed by atoms with van der Waals surface area (Å²) in [6.45, 7) is 2.03. The van der Waals surface area contributed by atoms with Crippen molar-refractivity contribution in [1.29, 1.82) is 0 Å². The van der Waals surface area contributed by atoms with E-state index in [-0.39, 0.29) is 6.04 Å². The molecule has 0 fully saturated rings. The number of aryl methyl sites for hydroxylation is 1. The highest BCUT2D eigenvalue weighted by Crippen LogP contribution is 2.26. The molecule has 0 aliphatic heterocycles.